The van der Waals surface area contributed by atoms with Crippen molar-refractivity contribution in [2.75, 3.05) is 6.54 Å². The zero-order valence-electron chi connectivity index (χ0n) is 12.2. The number of hydrogen-bond acceptors (Lipinski definition) is 5. The van der Waals surface area contributed by atoms with Gasteiger partial charge in [-0.3, -0.25) is 10.1 Å². The smallest absolute Gasteiger partial charge is 0.274 e. The lowest BCUT2D eigenvalue weighted by Gasteiger charge is -2.04. The molecule has 0 spiro atoms. The maximum absolute atomic E-state index is 11.0. The van der Waals surface area contributed by atoms with Crippen molar-refractivity contribution in [3.05, 3.63) is 51.8 Å². The number of nitro benzene ring substituents is 1. The molecule has 0 unspecified atom stereocenters. The molecule has 0 aliphatic rings. The molecule has 0 aliphatic heterocycles. The number of rotatable bonds is 7. The molecular formula is C14H19N5O2. The first kappa shape index (κ1) is 15.1. The molecule has 0 aliphatic carbocycles. The Labute approximate surface area is 123 Å². The summed E-state index contributed by atoms with van der Waals surface area (Å²) < 4.78 is 1.62. The summed E-state index contributed by atoms with van der Waals surface area (Å²) in [5.74, 6) is 0.576. The number of nitrogens with zero attached hydrogens (tertiary/aromatic N) is 4. The van der Waals surface area contributed by atoms with Gasteiger partial charge in [0, 0.05) is 12.6 Å². The normalized spacial score (nSPS) is 11.0. The van der Waals surface area contributed by atoms with Gasteiger partial charge in [-0.15, -0.1) is 5.10 Å². The molecule has 112 valence electrons. The zero-order chi connectivity index (χ0) is 15.2. The van der Waals surface area contributed by atoms with Gasteiger partial charge in [0.2, 0.25) is 0 Å². The lowest BCUT2D eigenvalue weighted by molar-refractivity contribution is -0.385. The second-order valence-electron chi connectivity index (χ2n) is 5.32. The minimum Gasteiger partial charge on any atom is -0.311 e. The molecule has 7 nitrogen and oxygen atoms in total. The summed E-state index contributed by atoms with van der Waals surface area (Å²) in [5, 5.41) is 22.3. The first-order chi connectivity index (χ1) is 10.1. The van der Waals surface area contributed by atoms with Crippen LogP contribution in [0, 0.1) is 16.0 Å². The summed E-state index contributed by atoms with van der Waals surface area (Å²) in [6.45, 7) is 6.18. The molecule has 21 heavy (non-hydrogen) atoms. The molecule has 0 atom stereocenters. The summed E-state index contributed by atoms with van der Waals surface area (Å²) in [6.07, 6.45) is 1.81. The van der Waals surface area contributed by atoms with Crippen LogP contribution < -0.4 is 5.32 Å². The second kappa shape index (κ2) is 6.94. The van der Waals surface area contributed by atoms with Gasteiger partial charge in [-0.05, 0) is 12.5 Å². The van der Waals surface area contributed by atoms with E-state index in [0.717, 1.165) is 12.2 Å². The Bertz CT molecular complexity index is 609. The van der Waals surface area contributed by atoms with Crippen molar-refractivity contribution in [1.82, 2.24) is 20.3 Å². The molecule has 0 radical (unpaired) electrons. The number of nitro groups is 1. The van der Waals surface area contributed by atoms with E-state index in [2.05, 4.69) is 29.5 Å². The molecule has 1 aromatic heterocycles. The minimum absolute atomic E-state index is 0.104. The topological polar surface area (TPSA) is 85.9 Å². The maximum Gasteiger partial charge on any atom is 0.274 e. The van der Waals surface area contributed by atoms with Crippen LogP contribution in [-0.2, 0) is 13.1 Å². The molecule has 2 aromatic rings. The van der Waals surface area contributed by atoms with E-state index in [1.54, 1.807) is 22.9 Å². The van der Waals surface area contributed by atoms with Crippen LogP contribution in [-0.4, -0.2) is 26.5 Å². The lowest BCUT2D eigenvalue weighted by atomic mass is 10.2. The van der Waals surface area contributed by atoms with E-state index in [0.29, 0.717) is 24.6 Å². The summed E-state index contributed by atoms with van der Waals surface area (Å²) in [5.41, 5.74) is 1.55. The molecule has 1 heterocycles. The number of aromatic nitrogens is 3. The average molecular weight is 289 g/mol. The summed E-state index contributed by atoms with van der Waals surface area (Å²) in [4.78, 5) is 10.6. The van der Waals surface area contributed by atoms with Crippen LogP contribution in [0.3, 0.4) is 0 Å². The van der Waals surface area contributed by atoms with Crippen molar-refractivity contribution in [3.8, 4) is 0 Å². The molecule has 2 rings (SSSR count). The third kappa shape index (κ3) is 4.35. The molecule has 7 heteroatoms. The standard InChI is InChI=1S/C14H19N5O2/c1-11(2)7-15-8-13-10-18(17-16-13)9-12-5-3-4-6-14(12)19(20)21/h3-6,10-11,15H,7-9H2,1-2H3. The van der Waals surface area contributed by atoms with Gasteiger partial charge in [0.15, 0.2) is 0 Å². The van der Waals surface area contributed by atoms with Gasteiger partial charge in [-0.2, -0.15) is 0 Å². The summed E-state index contributed by atoms with van der Waals surface area (Å²) in [6, 6.07) is 6.67. The van der Waals surface area contributed by atoms with Crippen molar-refractivity contribution in [2.45, 2.75) is 26.9 Å². The summed E-state index contributed by atoms with van der Waals surface area (Å²) in [7, 11) is 0. The van der Waals surface area contributed by atoms with E-state index < -0.39 is 0 Å². The monoisotopic (exact) mass is 289 g/mol. The molecule has 0 saturated carbocycles. The van der Waals surface area contributed by atoms with E-state index in [-0.39, 0.29) is 10.6 Å². The lowest BCUT2D eigenvalue weighted by Crippen LogP contribution is -2.19. The highest BCUT2D eigenvalue weighted by Gasteiger charge is 2.13. The fourth-order valence-corrected chi connectivity index (χ4v) is 1.98. The van der Waals surface area contributed by atoms with Crippen molar-refractivity contribution in [1.29, 1.82) is 0 Å². The minimum atomic E-state index is -0.378. The number of nitrogens with one attached hydrogen (secondary N) is 1. The van der Waals surface area contributed by atoms with Crippen LogP contribution >= 0.6 is 0 Å². The predicted molar refractivity (Wildman–Crippen MR) is 78.8 cm³/mol. The number of para-hydroxylation sites is 1. The van der Waals surface area contributed by atoms with Gasteiger partial charge >= 0.3 is 0 Å². The van der Waals surface area contributed by atoms with Gasteiger partial charge in [0.05, 0.1) is 28.9 Å². The van der Waals surface area contributed by atoms with Gasteiger partial charge < -0.3 is 5.32 Å². The quantitative estimate of drug-likeness (QED) is 0.622. The number of benzene rings is 1. The van der Waals surface area contributed by atoms with E-state index in [1.807, 2.05) is 6.20 Å². The van der Waals surface area contributed by atoms with E-state index in [9.17, 15) is 10.1 Å². The van der Waals surface area contributed by atoms with Crippen molar-refractivity contribution < 1.29 is 4.92 Å². The Morgan fingerprint density at radius 2 is 2.14 bits per heavy atom. The van der Waals surface area contributed by atoms with Gasteiger partial charge in [-0.25, -0.2) is 4.68 Å². The van der Waals surface area contributed by atoms with Crippen LogP contribution in [0.4, 0.5) is 5.69 Å². The molecule has 0 amide bonds. The fraction of sp³-hybridized carbons (Fsp3) is 0.429. The zero-order valence-corrected chi connectivity index (χ0v) is 12.2. The first-order valence-corrected chi connectivity index (χ1v) is 6.88. The van der Waals surface area contributed by atoms with E-state index in [4.69, 9.17) is 0 Å². The number of hydrogen-bond donors (Lipinski definition) is 1. The predicted octanol–water partition coefficient (Wildman–Crippen LogP) is 1.98. The molecule has 1 aromatic carbocycles. The second-order valence-corrected chi connectivity index (χ2v) is 5.32. The van der Waals surface area contributed by atoms with Crippen molar-refractivity contribution in [2.24, 2.45) is 5.92 Å². The third-order valence-corrected chi connectivity index (χ3v) is 2.97. The van der Waals surface area contributed by atoms with Crippen LogP contribution in [0.15, 0.2) is 30.5 Å². The highest BCUT2D eigenvalue weighted by Crippen LogP contribution is 2.18. The fourth-order valence-electron chi connectivity index (χ4n) is 1.98. The average Bonchev–Trinajstić information content (AvgIpc) is 2.86. The molecule has 0 bridgehead atoms. The summed E-state index contributed by atoms with van der Waals surface area (Å²) >= 11 is 0. The Kier molecular flexibility index (Phi) is 4.99. The third-order valence-electron chi connectivity index (χ3n) is 2.97. The van der Waals surface area contributed by atoms with Crippen LogP contribution in [0.2, 0.25) is 0 Å². The van der Waals surface area contributed by atoms with Crippen LogP contribution in [0.1, 0.15) is 25.1 Å². The van der Waals surface area contributed by atoms with Crippen LogP contribution in [0.25, 0.3) is 0 Å². The van der Waals surface area contributed by atoms with Crippen LogP contribution in [0.5, 0.6) is 0 Å². The van der Waals surface area contributed by atoms with Gasteiger partial charge in [0.1, 0.15) is 0 Å². The Morgan fingerprint density at radius 1 is 1.38 bits per heavy atom. The van der Waals surface area contributed by atoms with E-state index in [1.165, 1.54) is 6.07 Å². The Morgan fingerprint density at radius 3 is 2.86 bits per heavy atom. The SMILES string of the molecule is CC(C)CNCc1cn(Cc2ccccc2[N+](=O)[O-])nn1. The highest BCUT2D eigenvalue weighted by molar-refractivity contribution is 5.39. The molecule has 0 fully saturated rings. The van der Waals surface area contributed by atoms with Gasteiger partial charge in [-0.1, -0.05) is 37.3 Å². The van der Waals surface area contributed by atoms with Crippen molar-refractivity contribution in [3.63, 3.8) is 0 Å². The Balaban J connectivity index is 2.01. The van der Waals surface area contributed by atoms with Crippen molar-refractivity contribution >= 4 is 5.69 Å². The highest BCUT2D eigenvalue weighted by atomic mass is 16.6. The largest absolute Gasteiger partial charge is 0.311 e. The first-order valence-electron chi connectivity index (χ1n) is 6.88. The maximum atomic E-state index is 11.0. The molecular weight excluding hydrogens is 270 g/mol. The van der Waals surface area contributed by atoms with E-state index >= 15 is 0 Å². The van der Waals surface area contributed by atoms with Gasteiger partial charge in [0.25, 0.3) is 5.69 Å². The Hall–Kier alpha value is -2.28. The molecule has 0 saturated heterocycles. The molecule has 1 N–H and O–H groups in total.